The second kappa shape index (κ2) is 11.4. The van der Waals surface area contributed by atoms with Gasteiger partial charge in [0.1, 0.15) is 11.8 Å². The van der Waals surface area contributed by atoms with Gasteiger partial charge in [0.2, 0.25) is 5.91 Å². The van der Waals surface area contributed by atoms with Gasteiger partial charge in [-0.3, -0.25) is 20.1 Å². The van der Waals surface area contributed by atoms with Crippen molar-refractivity contribution in [2.45, 2.75) is 24.9 Å². The molecule has 1 fully saturated rings. The number of halogens is 3. The van der Waals surface area contributed by atoms with Crippen LogP contribution in [0.1, 0.15) is 18.0 Å². The van der Waals surface area contributed by atoms with Crippen molar-refractivity contribution in [2.75, 3.05) is 32.1 Å². The van der Waals surface area contributed by atoms with Crippen molar-refractivity contribution in [1.82, 2.24) is 20.4 Å². The van der Waals surface area contributed by atoms with Gasteiger partial charge in [0.15, 0.2) is 16.2 Å². The van der Waals surface area contributed by atoms with E-state index < -0.39 is 24.1 Å². The van der Waals surface area contributed by atoms with Crippen LogP contribution in [-0.4, -0.2) is 70.9 Å². The summed E-state index contributed by atoms with van der Waals surface area (Å²) in [5.41, 5.74) is 6.25. The number of anilines is 1. The zero-order valence-corrected chi connectivity index (χ0v) is 19.8. The van der Waals surface area contributed by atoms with Crippen LogP contribution in [0, 0.1) is 5.41 Å². The van der Waals surface area contributed by atoms with Gasteiger partial charge in [-0.2, -0.15) is 5.10 Å². The minimum atomic E-state index is -4.85. The number of aliphatic imine (C=N–C) groups is 1. The van der Waals surface area contributed by atoms with Gasteiger partial charge in [0.25, 0.3) is 0 Å². The number of hydrogen-bond acceptors (Lipinski definition) is 9. The van der Waals surface area contributed by atoms with E-state index in [-0.39, 0.29) is 21.9 Å². The Morgan fingerprint density at radius 3 is 2.80 bits per heavy atom. The highest BCUT2D eigenvalue weighted by Crippen LogP contribution is 2.27. The second-order valence-electron chi connectivity index (χ2n) is 7.84. The predicted octanol–water partition coefficient (Wildman–Crippen LogP) is 2.36. The molecule has 0 aliphatic carbocycles. The fourth-order valence-corrected chi connectivity index (χ4v) is 4.16. The molecule has 1 amide bonds. The molecule has 10 nitrogen and oxygen atoms in total. The molecule has 1 saturated heterocycles. The molecular weight excluding hydrogens is 485 g/mol. The number of amides is 1. The van der Waals surface area contributed by atoms with Crippen molar-refractivity contribution in [3.05, 3.63) is 48.2 Å². The molecule has 1 aliphatic heterocycles. The first-order valence-electron chi connectivity index (χ1n) is 10.5. The molecule has 1 aromatic heterocycles. The molecule has 0 radical (unpaired) electrons. The lowest BCUT2D eigenvalue weighted by Gasteiger charge is -2.24. The number of nitrogens with two attached hydrogens (primary N) is 1. The predicted molar refractivity (Wildman–Crippen MR) is 127 cm³/mol. The standard InChI is InChI=1S/C21H25F3N8O2S/c1-31(2)17(13-5-3-6-15(11-13)34-21(22,23)24)18(33)29-20(26)35-19(25)28-14-8-10-32(12-14)16-7-4-9-27-30-16/h3-7,9,11,14,17H,8,10,12H2,1-2H3,(H2,25,28)(H2,26,29,33). The van der Waals surface area contributed by atoms with Crippen LogP contribution >= 0.6 is 11.8 Å². The zero-order chi connectivity index (χ0) is 25.6. The Hall–Kier alpha value is -3.39. The molecule has 2 unspecified atom stereocenters. The number of nitrogens with one attached hydrogen (secondary N) is 2. The first kappa shape index (κ1) is 26.2. The number of benzene rings is 1. The van der Waals surface area contributed by atoms with Gasteiger partial charge in [-0.15, -0.1) is 18.3 Å². The van der Waals surface area contributed by atoms with E-state index in [1.807, 2.05) is 11.0 Å². The maximum Gasteiger partial charge on any atom is 0.573 e. The summed E-state index contributed by atoms with van der Waals surface area (Å²) >= 11 is 0.788. The van der Waals surface area contributed by atoms with E-state index in [2.05, 4.69) is 25.2 Å². The molecule has 3 rings (SSSR count). The van der Waals surface area contributed by atoms with Crippen LogP contribution in [0.4, 0.5) is 19.0 Å². The molecule has 188 valence electrons. The Bertz CT molecular complexity index is 1070. The summed E-state index contributed by atoms with van der Waals surface area (Å²) in [6, 6.07) is 7.72. The third kappa shape index (κ3) is 7.82. The second-order valence-corrected chi connectivity index (χ2v) is 8.88. The van der Waals surface area contributed by atoms with E-state index in [4.69, 9.17) is 11.1 Å². The number of alkyl halides is 3. The number of carbonyl (C=O) groups excluding carboxylic acids is 1. The summed E-state index contributed by atoms with van der Waals surface area (Å²) < 4.78 is 41.6. The summed E-state index contributed by atoms with van der Waals surface area (Å²) in [7, 11) is 3.19. The largest absolute Gasteiger partial charge is 0.573 e. The van der Waals surface area contributed by atoms with Crippen molar-refractivity contribution in [2.24, 2.45) is 10.7 Å². The van der Waals surface area contributed by atoms with Crippen LogP contribution in [0.5, 0.6) is 5.75 Å². The highest BCUT2D eigenvalue weighted by atomic mass is 32.2. The SMILES string of the molecule is CN(C)C(C(=O)NC(=N)SC(N)=NC1CCN(c2cccnn2)C1)c1cccc(OC(F)(F)F)c1. The highest BCUT2D eigenvalue weighted by Gasteiger charge is 2.32. The van der Waals surface area contributed by atoms with E-state index in [0.717, 1.165) is 42.7 Å². The van der Waals surface area contributed by atoms with E-state index in [1.165, 1.54) is 17.0 Å². The molecule has 1 aliphatic rings. The highest BCUT2D eigenvalue weighted by molar-refractivity contribution is 8.26. The summed E-state index contributed by atoms with van der Waals surface area (Å²) in [5.74, 6) is -0.308. The first-order valence-corrected chi connectivity index (χ1v) is 11.3. The Kier molecular flexibility index (Phi) is 8.51. The van der Waals surface area contributed by atoms with Crippen LogP contribution in [0.25, 0.3) is 0 Å². The Balaban J connectivity index is 1.59. The van der Waals surface area contributed by atoms with Crippen LogP contribution < -0.4 is 20.7 Å². The molecule has 4 N–H and O–H groups in total. The van der Waals surface area contributed by atoms with E-state index in [0.29, 0.717) is 6.54 Å². The van der Waals surface area contributed by atoms with Crippen molar-refractivity contribution in [1.29, 1.82) is 5.41 Å². The lowest BCUT2D eigenvalue weighted by Crippen LogP contribution is -2.39. The minimum absolute atomic E-state index is 0.0982. The average molecular weight is 511 g/mol. The summed E-state index contributed by atoms with van der Waals surface area (Å²) in [6.07, 6.45) is -2.51. The zero-order valence-electron chi connectivity index (χ0n) is 19.0. The van der Waals surface area contributed by atoms with Gasteiger partial charge in [0.05, 0.1) is 6.04 Å². The van der Waals surface area contributed by atoms with Gasteiger partial charge in [-0.25, -0.2) is 0 Å². The lowest BCUT2D eigenvalue weighted by molar-refractivity contribution is -0.274. The summed E-state index contributed by atoms with van der Waals surface area (Å²) in [5, 5.41) is 18.3. The van der Waals surface area contributed by atoms with Crippen LogP contribution in [-0.2, 0) is 4.79 Å². The van der Waals surface area contributed by atoms with E-state index in [1.54, 1.807) is 26.4 Å². The van der Waals surface area contributed by atoms with Crippen LogP contribution in [0.3, 0.4) is 0 Å². The van der Waals surface area contributed by atoms with Crippen LogP contribution in [0.2, 0.25) is 0 Å². The van der Waals surface area contributed by atoms with Crippen molar-refractivity contribution < 1.29 is 22.7 Å². The maximum absolute atomic E-state index is 12.8. The average Bonchev–Trinajstić information content (AvgIpc) is 3.21. The van der Waals surface area contributed by atoms with Gasteiger partial charge in [-0.1, -0.05) is 12.1 Å². The first-order chi connectivity index (χ1) is 16.5. The monoisotopic (exact) mass is 510 g/mol. The Morgan fingerprint density at radius 2 is 2.14 bits per heavy atom. The number of rotatable bonds is 6. The number of thioether (sulfide) groups is 1. The molecule has 0 bridgehead atoms. The molecule has 0 spiro atoms. The van der Waals surface area contributed by atoms with Crippen LogP contribution in [0.15, 0.2) is 47.6 Å². The molecule has 2 heterocycles. The molecule has 2 atom stereocenters. The van der Waals surface area contributed by atoms with E-state index in [9.17, 15) is 18.0 Å². The number of carbonyl (C=O) groups is 1. The number of nitrogens with zero attached hydrogens (tertiary/aromatic N) is 5. The molecular formula is C21H25F3N8O2S. The summed E-state index contributed by atoms with van der Waals surface area (Å²) in [4.78, 5) is 20.8. The smallest absolute Gasteiger partial charge is 0.406 e. The Labute approximate surface area is 204 Å². The number of likely N-dealkylation sites (N-methyl/N-ethyl adjacent to an activating group) is 1. The van der Waals surface area contributed by atoms with Gasteiger partial charge in [0, 0.05) is 19.3 Å². The lowest BCUT2D eigenvalue weighted by atomic mass is 10.0. The topological polar surface area (TPSA) is 133 Å². The van der Waals surface area contributed by atoms with E-state index >= 15 is 0 Å². The molecule has 1 aromatic carbocycles. The number of amidine groups is 2. The summed E-state index contributed by atoms with van der Waals surface area (Å²) in [6.45, 7) is 1.33. The molecule has 2 aromatic rings. The maximum atomic E-state index is 12.8. The fraction of sp³-hybridized carbons (Fsp3) is 0.381. The normalized spacial score (nSPS) is 17.4. The third-order valence-corrected chi connectivity index (χ3v) is 5.59. The van der Waals surface area contributed by atoms with Crippen molar-refractivity contribution in [3.63, 3.8) is 0 Å². The number of hydrogen-bond donors (Lipinski definition) is 3. The Morgan fingerprint density at radius 1 is 1.37 bits per heavy atom. The van der Waals surface area contributed by atoms with Crippen molar-refractivity contribution in [3.8, 4) is 5.75 Å². The van der Waals surface area contributed by atoms with Gasteiger partial charge in [-0.05, 0) is 62.1 Å². The van der Waals surface area contributed by atoms with Gasteiger partial charge < -0.3 is 20.7 Å². The quantitative estimate of drug-likeness (QED) is 0.399. The molecule has 14 heteroatoms. The van der Waals surface area contributed by atoms with Gasteiger partial charge >= 0.3 is 6.36 Å². The van der Waals surface area contributed by atoms with Crippen molar-refractivity contribution >= 4 is 33.8 Å². The fourth-order valence-electron chi connectivity index (χ4n) is 3.60. The molecule has 0 saturated carbocycles. The minimum Gasteiger partial charge on any atom is -0.406 e. The third-order valence-electron chi connectivity index (χ3n) is 4.97. The number of ether oxygens (including phenoxy) is 1. The molecule has 35 heavy (non-hydrogen) atoms. The number of aromatic nitrogens is 2.